The Morgan fingerprint density at radius 1 is 1.04 bits per heavy atom. The predicted octanol–water partition coefficient (Wildman–Crippen LogP) is 5.01. The third-order valence-corrected chi connectivity index (χ3v) is 4.05. The van der Waals surface area contributed by atoms with Crippen LogP contribution in [0, 0.1) is 5.92 Å². The summed E-state index contributed by atoms with van der Waals surface area (Å²) in [6.45, 7) is 6.02. The van der Waals surface area contributed by atoms with Crippen molar-refractivity contribution in [1.82, 2.24) is 5.32 Å². The molecule has 2 aromatic rings. The number of rotatable bonds is 7. The average Bonchev–Trinajstić information content (AvgIpc) is 2.56. The van der Waals surface area contributed by atoms with Gasteiger partial charge in [-0.25, -0.2) is 0 Å². The number of para-hydroxylation sites is 1. The van der Waals surface area contributed by atoms with Crippen LogP contribution in [0.1, 0.15) is 38.8 Å². The van der Waals surface area contributed by atoms with Crippen LogP contribution in [0.4, 0.5) is 0 Å². The Balaban J connectivity index is 2.05. The van der Waals surface area contributed by atoms with Crippen LogP contribution in [0.3, 0.4) is 0 Å². The number of amides is 1. The number of carbonyl (C=O) groups excluding carboxylic acids is 1. The molecule has 0 unspecified atom stereocenters. The van der Waals surface area contributed by atoms with Crippen molar-refractivity contribution in [3.63, 3.8) is 0 Å². The summed E-state index contributed by atoms with van der Waals surface area (Å²) in [6.07, 6.45) is 0.248. The molecule has 2 aromatic carbocycles. The fraction of sp³-hybridized carbons (Fsp3) is 0.350. The van der Waals surface area contributed by atoms with E-state index in [4.69, 9.17) is 16.3 Å². The van der Waals surface area contributed by atoms with Gasteiger partial charge in [0.1, 0.15) is 5.75 Å². The van der Waals surface area contributed by atoms with Gasteiger partial charge in [0.05, 0.1) is 11.1 Å². The Hall–Kier alpha value is -2.00. The standard InChI is InChI=1S/C20H24ClNO2/c1-14(2)13-18(16-9-5-4-6-10-16)22-20(23)15(3)24-19-12-8-7-11-17(19)21/h4-12,14-15,18H,13H2,1-3H3,(H,22,23)/t15-,18+/m0/s1. The first-order valence-corrected chi connectivity index (χ1v) is 8.61. The minimum atomic E-state index is -0.622. The number of benzene rings is 2. The summed E-state index contributed by atoms with van der Waals surface area (Å²) in [7, 11) is 0. The van der Waals surface area contributed by atoms with Crippen molar-refractivity contribution < 1.29 is 9.53 Å². The topological polar surface area (TPSA) is 38.3 Å². The molecule has 1 N–H and O–H groups in total. The summed E-state index contributed by atoms with van der Waals surface area (Å²) in [5, 5.41) is 3.60. The highest BCUT2D eigenvalue weighted by Gasteiger charge is 2.21. The molecule has 2 rings (SSSR count). The number of hydrogen-bond donors (Lipinski definition) is 1. The van der Waals surface area contributed by atoms with Crippen molar-refractivity contribution in [2.45, 2.75) is 39.3 Å². The number of carbonyl (C=O) groups is 1. The molecule has 0 saturated heterocycles. The molecule has 0 heterocycles. The van der Waals surface area contributed by atoms with E-state index in [1.165, 1.54) is 0 Å². The monoisotopic (exact) mass is 345 g/mol. The number of ether oxygens (including phenoxy) is 1. The normalized spacial score (nSPS) is 13.4. The first kappa shape index (κ1) is 18.3. The molecule has 24 heavy (non-hydrogen) atoms. The van der Waals surface area contributed by atoms with E-state index in [1.807, 2.05) is 42.5 Å². The van der Waals surface area contributed by atoms with Crippen LogP contribution >= 0.6 is 11.6 Å². The quantitative estimate of drug-likeness (QED) is 0.765. The summed E-state index contributed by atoms with van der Waals surface area (Å²) in [5.41, 5.74) is 1.10. The van der Waals surface area contributed by atoms with Gasteiger partial charge >= 0.3 is 0 Å². The fourth-order valence-corrected chi connectivity index (χ4v) is 2.69. The minimum absolute atomic E-state index is 0.0315. The largest absolute Gasteiger partial charge is 0.479 e. The maximum atomic E-state index is 12.5. The first-order chi connectivity index (χ1) is 11.5. The lowest BCUT2D eigenvalue weighted by Crippen LogP contribution is -2.39. The Kier molecular flexibility index (Phi) is 6.68. The second-order valence-corrected chi connectivity index (χ2v) is 6.70. The molecule has 0 radical (unpaired) electrons. The lowest BCUT2D eigenvalue weighted by molar-refractivity contribution is -0.128. The zero-order chi connectivity index (χ0) is 17.5. The molecule has 0 aliphatic carbocycles. The maximum absolute atomic E-state index is 12.5. The van der Waals surface area contributed by atoms with Crippen LogP contribution in [0.2, 0.25) is 5.02 Å². The van der Waals surface area contributed by atoms with Gasteiger partial charge in [-0.3, -0.25) is 4.79 Å². The van der Waals surface area contributed by atoms with E-state index in [1.54, 1.807) is 19.1 Å². The van der Waals surface area contributed by atoms with Crippen molar-refractivity contribution >= 4 is 17.5 Å². The Morgan fingerprint density at radius 3 is 2.29 bits per heavy atom. The zero-order valence-electron chi connectivity index (χ0n) is 14.3. The summed E-state index contributed by atoms with van der Waals surface area (Å²) in [6, 6.07) is 17.1. The van der Waals surface area contributed by atoms with Gasteiger partial charge in [0, 0.05) is 0 Å². The lowest BCUT2D eigenvalue weighted by atomic mass is 9.97. The molecule has 0 aliphatic rings. The molecule has 2 atom stereocenters. The minimum Gasteiger partial charge on any atom is -0.479 e. The highest BCUT2D eigenvalue weighted by Crippen LogP contribution is 2.25. The molecule has 0 saturated carbocycles. The Labute approximate surface area is 149 Å². The molecule has 0 bridgehead atoms. The van der Waals surface area contributed by atoms with Gasteiger partial charge in [-0.15, -0.1) is 0 Å². The van der Waals surface area contributed by atoms with Crippen LogP contribution in [0.25, 0.3) is 0 Å². The molecule has 0 fully saturated rings. The zero-order valence-corrected chi connectivity index (χ0v) is 15.1. The summed E-state index contributed by atoms with van der Waals surface area (Å²) in [5.74, 6) is 0.835. The molecule has 128 valence electrons. The van der Waals surface area contributed by atoms with Gasteiger partial charge in [-0.05, 0) is 37.0 Å². The van der Waals surface area contributed by atoms with E-state index in [0.717, 1.165) is 12.0 Å². The molecule has 4 heteroatoms. The van der Waals surface area contributed by atoms with Crippen molar-refractivity contribution in [1.29, 1.82) is 0 Å². The second-order valence-electron chi connectivity index (χ2n) is 6.29. The Morgan fingerprint density at radius 2 is 1.67 bits per heavy atom. The van der Waals surface area contributed by atoms with E-state index >= 15 is 0 Å². The van der Waals surface area contributed by atoms with Gasteiger partial charge in [-0.2, -0.15) is 0 Å². The smallest absolute Gasteiger partial charge is 0.261 e. The third-order valence-electron chi connectivity index (χ3n) is 3.74. The molecule has 0 aliphatic heterocycles. The Bertz CT molecular complexity index is 658. The van der Waals surface area contributed by atoms with E-state index in [0.29, 0.717) is 16.7 Å². The SMILES string of the molecule is CC(C)C[C@@H](NC(=O)[C@H](C)Oc1ccccc1Cl)c1ccccc1. The van der Waals surface area contributed by atoms with Gasteiger partial charge in [-0.1, -0.05) is 67.9 Å². The number of hydrogen-bond acceptors (Lipinski definition) is 2. The molecular formula is C20H24ClNO2. The predicted molar refractivity (Wildman–Crippen MR) is 98.3 cm³/mol. The molecule has 3 nitrogen and oxygen atoms in total. The third kappa shape index (κ3) is 5.27. The van der Waals surface area contributed by atoms with Crippen molar-refractivity contribution in [3.05, 3.63) is 65.2 Å². The van der Waals surface area contributed by atoms with Gasteiger partial charge in [0.2, 0.25) is 0 Å². The van der Waals surface area contributed by atoms with Crippen LogP contribution in [0.5, 0.6) is 5.75 Å². The van der Waals surface area contributed by atoms with E-state index in [-0.39, 0.29) is 11.9 Å². The first-order valence-electron chi connectivity index (χ1n) is 8.24. The molecular weight excluding hydrogens is 322 g/mol. The van der Waals surface area contributed by atoms with Crippen molar-refractivity contribution in [2.75, 3.05) is 0 Å². The summed E-state index contributed by atoms with van der Waals surface area (Å²) < 4.78 is 5.70. The van der Waals surface area contributed by atoms with Gasteiger partial charge in [0.15, 0.2) is 6.10 Å². The number of halogens is 1. The second kappa shape index (κ2) is 8.74. The highest BCUT2D eigenvalue weighted by atomic mass is 35.5. The van der Waals surface area contributed by atoms with E-state index in [9.17, 15) is 4.79 Å². The van der Waals surface area contributed by atoms with Crippen molar-refractivity contribution in [2.24, 2.45) is 5.92 Å². The van der Waals surface area contributed by atoms with Crippen molar-refractivity contribution in [3.8, 4) is 5.75 Å². The van der Waals surface area contributed by atoms with E-state index < -0.39 is 6.10 Å². The molecule has 0 spiro atoms. The summed E-state index contributed by atoms with van der Waals surface area (Å²) >= 11 is 6.09. The van der Waals surface area contributed by atoms with Crippen LogP contribution in [-0.4, -0.2) is 12.0 Å². The molecule has 0 aromatic heterocycles. The fourth-order valence-electron chi connectivity index (χ4n) is 2.51. The lowest BCUT2D eigenvalue weighted by Gasteiger charge is -2.23. The van der Waals surface area contributed by atoms with Crippen LogP contribution < -0.4 is 10.1 Å². The van der Waals surface area contributed by atoms with Crippen LogP contribution in [0.15, 0.2) is 54.6 Å². The maximum Gasteiger partial charge on any atom is 0.261 e. The number of nitrogens with one attached hydrogen (secondary N) is 1. The van der Waals surface area contributed by atoms with Gasteiger partial charge in [0.25, 0.3) is 5.91 Å². The molecule has 1 amide bonds. The van der Waals surface area contributed by atoms with Gasteiger partial charge < -0.3 is 10.1 Å². The summed E-state index contributed by atoms with van der Waals surface area (Å²) in [4.78, 5) is 12.5. The van der Waals surface area contributed by atoms with E-state index in [2.05, 4.69) is 19.2 Å². The van der Waals surface area contributed by atoms with Crippen LogP contribution in [-0.2, 0) is 4.79 Å². The highest BCUT2D eigenvalue weighted by molar-refractivity contribution is 6.32. The average molecular weight is 346 g/mol.